The lowest BCUT2D eigenvalue weighted by atomic mass is 10.1. The molecule has 3 N–H and O–H groups in total. The first-order valence-electron chi connectivity index (χ1n) is 6.46. The fraction of sp³-hybridized carbons (Fsp3) is 0.429. The molecule has 0 bridgehead atoms. The van der Waals surface area contributed by atoms with Crippen LogP contribution >= 0.6 is 0 Å². The Balaban J connectivity index is 1.82. The van der Waals surface area contributed by atoms with Crippen molar-refractivity contribution >= 4 is 12.0 Å². The Morgan fingerprint density at radius 1 is 1.35 bits per heavy atom. The van der Waals surface area contributed by atoms with Crippen molar-refractivity contribution in [1.29, 1.82) is 0 Å². The minimum absolute atomic E-state index is 0.129. The lowest BCUT2D eigenvalue weighted by molar-refractivity contribution is -0.143. The predicted molar refractivity (Wildman–Crippen MR) is 70.7 cm³/mol. The van der Waals surface area contributed by atoms with Gasteiger partial charge >= 0.3 is 12.0 Å². The first-order valence-corrected chi connectivity index (χ1v) is 6.46. The van der Waals surface area contributed by atoms with Gasteiger partial charge in [0.2, 0.25) is 0 Å². The molecule has 1 aromatic rings. The zero-order valence-electron chi connectivity index (χ0n) is 11.1. The first kappa shape index (κ1) is 14.3. The Bertz CT molecular complexity index is 512. The highest BCUT2D eigenvalue weighted by atomic mass is 19.1. The standard InChI is InChI=1S/C14H17FN2O3/c1-9(10-2-4-11(15)5-3-10)17-13(20)16-8-14(6-7-14)12(18)19/h2-5,9H,6-8H2,1H3,(H,18,19)(H2,16,17,20). The number of halogens is 1. The summed E-state index contributed by atoms with van der Waals surface area (Å²) in [5.74, 6) is -1.20. The van der Waals surface area contributed by atoms with E-state index in [-0.39, 0.29) is 18.4 Å². The molecule has 0 heterocycles. The number of carboxylic acid groups (broad SMARTS) is 1. The third-order valence-electron chi connectivity index (χ3n) is 3.61. The first-order chi connectivity index (χ1) is 9.43. The number of carboxylic acids is 1. The summed E-state index contributed by atoms with van der Waals surface area (Å²) in [5.41, 5.74) is -0.00267. The molecule has 2 amide bonds. The maximum Gasteiger partial charge on any atom is 0.315 e. The van der Waals surface area contributed by atoms with E-state index in [0.717, 1.165) is 5.56 Å². The molecule has 1 aromatic carbocycles. The molecular weight excluding hydrogens is 263 g/mol. The van der Waals surface area contributed by atoms with Crippen LogP contribution in [0.3, 0.4) is 0 Å². The highest BCUT2D eigenvalue weighted by molar-refractivity contribution is 5.80. The zero-order chi connectivity index (χ0) is 14.8. The summed E-state index contributed by atoms with van der Waals surface area (Å²) in [5, 5.41) is 14.3. The molecule has 1 aliphatic carbocycles. The summed E-state index contributed by atoms with van der Waals surface area (Å²) in [6, 6.07) is 5.15. The van der Waals surface area contributed by atoms with E-state index >= 15 is 0 Å². The van der Waals surface area contributed by atoms with Gasteiger partial charge in [-0.1, -0.05) is 12.1 Å². The second kappa shape index (κ2) is 5.48. The molecule has 0 aromatic heterocycles. The van der Waals surface area contributed by atoms with E-state index < -0.39 is 17.4 Å². The van der Waals surface area contributed by atoms with Crippen LogP contribution in [0, 0.1) is 11.2 Å². The van der Waals surface area contributed by atoms with Crippen molar-refractivity contribution in [1.82, 2.24) is 10.6 Å². The number of benzene rings is 1. The number of rotatable bonds is 5. The van der Waals surface area contributed by atoms with Crippen LogP contribution in [-0.4, -0.2) is 23.7 Å². The normalized spacial score (nSPS) is 17.1. The van der Waals surface area contributed by atoms with Crippen molar-refractivity contribution in [2.75, 3.05) is 6.54 Å². The second-order valence-corrected chi connectivity index (χ2v) is 5.19. The van der Waals surface area contributed by atoms with Crippen LogP contribution in [0.1, 0.15) is 31.4 Å². The van der Waals surface area contributed by atoms with E-state index in [1.165, 1.54) is 12.1 Å². The number of urea groups is 1. The number of amides is 2. The largest absolute Gasteiger partial charge is 0.481 e. The molecule has 108 valence electrons. The van der Waals surface area contributed by atoms with Gasteiger partial charge < -0.3 is 15.7 Å². The Labute approximate surface area is 116 Å². The summed E-state index contributed by atoms with van der Waals surface area (Å²) >= 11 is 0. The third kappa shape index (κ3) is 3.26. The molecule has 0 aliphatic heterocycles. The number of hydrogen-bond acceptors (Lipinski definition) is 2. The highest BCUT2D eigenvalue weighted by Gasteiger charge is 2.50. The Morgan fingerprint density at radius 2 is 1.95 bits per heavy atom. The minimum Gasteiger partial charge on any atom is -0.481 e. The third-order valence-corrected chi connectivity index (χ3v) is 3.61. The van der Waals surface area contributed by atoms with E-state index in [1.807, 2.05) is 0 Å². The fourth-order valence-electron chi connectivity index (χ4n) is 1.95. The lowest BCUT2D eigenvalue weighted by Crippen LogP contribution is -2.41. The summed E-state index contributed by atoms with van der Waals surface area (Å²) in [4.78, 5) is 22.7. The van der Waals surface area contributed by atoms with Crippen molar-refractivity contribution in [3.05, 3.63) is 35.6 Å². The van der Waals surface area contributed by atoms with Gasteiger partial charge in [0.25, 0.3) is 0 Å². The highest BCUT2D eigenvalue weighted by Crippen LogP contribution is 2.45. The molecule has 0 saturated heterocycles. The van der Waals surface area contributed by atoms with Gasteiger partial charge in [-0.3, -0.25) is 4.79 Å². The molecule has 1 saturated carbocycles. The maximum atomic E-state index is 12.8. The van der Waals surface area contributed by atoms with Crippen LogP contribution in [0.25, 0.3) is 0 Å². The smallest absolute Gasteiger partial charge is 0.315 e. The Hall–Kier alpha value is -2.11. The molecule has 1 atom stereocenters. The van der Waals surface area contributed by atoms with Crippen molar-refractivity contribution < 1.29 is 19.1 Å². The Kier molecular flexibility index (Phi) is 3.92. The molecule has 5 nitrogen and oxygen atoms in total. The summed E-state index contributed by atoms with van der Waals surface area (Å²) in [7, 11) is 0. The van der Waals surface area contributed by atoms with Crippen molar-refractivity contribution in [3.8, 4) is 0 Å². The molecule has 0 radical (unpaired) electrons. The van der Waals surface area contributed by atoms with Crippen molar-refractivity contribution in [2.24, 2.45) is 5.41 Å². The number of nitrogens with one attached hydrogen (secondary N) is 2. The molecular formula is C14H17FN2O3. The molecule has 1 aliphatic rings. The molecule has 20 heavy (non-hydrogen) atoms. The number of aliphatic carboxylic acids is 1. The van der Waals surface area contributed by atoms with Crippen LogP contribution in [-0.2, 0) is 4.79 Å². The summed E-state index contributed by atoms with van der Waals surface area (Å²) in [6.07, 6.45) is 1.19. The van der Waals surface area contributed by atoms with Gasteiger partial charge in [0, 0.05) is 6.54 Å². The summed E-state index contributed by atoms with van der Waals surface area (Å²) < 4.78 is 12.8. The predicted octanol–water partition coefficient (Wildman–Crippen LogP) is 2.05. The van der Waals surface area contributed by atoms with Crippen molar-refractivity contribution in [3.63, 3.8) is 0 Å². The van der Waals surface area contributed by atoms with Gasteiger partial charge in [-0.15, -0.1) is 0 Å². The number of carbonyl (C=O) groups excluding carboxylic acids is 1. The number of hydrogen-bond donors (Lipinski definition) is 3. The van der Waals surface area contributed by atoms with Crippen molar-refractivity contribution in [2.45, 2.75) is 25.8 Å². The molecule has 1 unspecified atom stereocenters. The van der Waals surface area contributed by atoms with Crippen LogP contribution in [0.5, 0.6) is 0 Å². The van der Waals surface area contributed by atoms with Gasteiger partial charge in [0.05, 0.1) is 11.5 Å². The van der Waals surface area contributed by atoms with Crippen LogP contribution < -0.4 is 10.6 Å². The van der Waals surface area contributed by atoms with Crippen LogP contribution in [0.2, 0.25) is 0 Å². The maximum absolute atomic E-state index is 12.8. The topological polar surface area (TPSA) is 78.4 Å². The van der Waals surface area contributed by atoms with Crippen LogP contribution in [0.15, 0.2) is 24.3 Å². The zero-order valence-corrected chi connectivity index (χ0v) is 11.1. The van der Waals surface area contributed by atoms with Gasteiger partial charge in [-0.25, -0.2) is 9.18 Å². The van der Waals surface area contributed by atoms with E-state index in [4.69, 9.17) is 5.11 Å². The van der Waals surface area contributed by atoms with Gasteiger partial charge in [0.1, 0.15) is 5.82 Å². The quantitative estimate of drug-likeness (QED) is 0.772. The average Bonchev–Trinajstić information content (AvgIpc) is 3.18. The second-order valence-electron chi connectivity index (χ2n) is 5.19. The van der Waals surface area contributed by atoms with E-state index in [9.17, 15) is 14.0 Å². The fourth-order valence-corrected chi connectivity index (χ4v) is 1.95. The van der Waals surface area contributed by atoms with Crippen LogP contribution in [0.4, 0.5) is 9.18 Å². The lowest BCUT2D eigenvalue weighted by Gasteiger charge is -2.16. The van der Waals surface area contributed by atoms with Gasteiger partial charge in [0.15, 0.2) is 0 Å². The molecule has 1 fully saturated rings. The molecule has 0 spiro atoms. The molecule has 6 heteroatoms. The van der Waals surface area contributed by atoms with Gasteiger partial charge in [-0.05, 0) is 37.5 Å². The SMILES string of the molecule is CC(NC(=O)NCC1(C(=O)O)CC1)c1ccc(F)cc1. The minimum atomic E-state index is -0.871. The van der Waals surface area contributed by atoms with E-state index in [1.54, 1.807) is 19.1 Å². The Morgan fingerprint density at radius 3 is 2.45 bits per heavy atom. The summed E-state index contributed by atoms with van der Waals surface area (Å²) in [6.45, 7) is 1.90. The number of carbonyl (C=O) groups is 2. The average molecular weight is 280 g/mol. The van der Waals surface area contributed by atoms with E-state index in [2.05, 4.69) is 10.6 Å². The monoisotopic (exact) mass is 280 g/mol. The van der Waals surface area contributed by atoms with E-state index in [0.29, 0.717) is 12.8 Å². The molecule has 2 rings (SSSR count). The van der Waals surface area contributed by atoms with Gasteiger partial charge in [-0.2, -0.15) is 0 Å².